The molecule has 0 saturated heterocycles. The van der Waals surface area contributed by atoms with E-state index in [4.69, 9.17) is 4.74 Å². The summed E-state index contributed by atoms with van der Waals surface area (Å²) in [5.74, 6) is -0.0192. The molecule has 1 aliphatic rings. The van der Waals surface area contributed by atoms with E-state index in [-0.39, 0.29) is 18.0 Å². The smallest absolute Gasteiger partial charge is 0.256 e. The second-order valence-corrected chi connectivity index (χ2v) is 7.72. The minimum Gasteiger partial charge on any atom is -0.382 e. The molecule has 2 aromatic carbocycles. The number of hydrogen-bond donors (Lipinski definition) is 2. The van der Waals surface area contributed by atoms with Crippen LogP contribution in [0, 0.1) is 0 Å². The number of hydrogen-bond acceptors (Lipinski definition) is 4. The number of nitrogens with zero attached hydrogens (tertiary/aromatic N) is 1. The van der Waals surface area contributed by atoms with Crippen LogP contribution in [0.15, 0.2) is 48.5 Å². The van der Waals surface area contributed by atoms with Gasteiger partial charge in [-0.25, -0.2) is 0 Å². The number of ether oxygens (including phenoxy) is 1. The first-order valence-electron chi connectivity index (χ1n) is 11.3. The number of carbonyl (C=O) groups is 2. The summed E-state index contributed by atoms with van der Waals surface area (Å²) < 4.78 is 5.44. The first-order valence-corrected chi connectivity index (χ1v) is 11.3. The van der Waals surface area contributed by atoms with Gasteiger partial charge in [-0.2, -0.15) is 0 Å². The van der Waals surface area contributed by atoms with Gasteiger partial charge in [0.15, 0.2) is 0 Å². The van der Waals surface area contributed by atoms with Crippen molar-refractivity contribution in [3.63, 3.8) is 0 Å². The Hall–Kier alpha value is -2.86. The molecule has 2 N–H and O–H groups in total. The second kappa shape index (κ2) is 11.5. The first-order chi connectivity index (χ1) is 15.2. The molecule has 0 saturated carbocycles. The van der Waals surface area contributed by atoms with Gasteiger partial charge in [0.2, 0.25) is 0 Å². The van der Waals surface area contributed by atoms with Gasteiger partial charge in [0.1, 0.15) is 6.17 Å². The molecule has 3 rings (SSSR count). The predicted molar refractivity (Wildman–Crippen MR) is 123 cm³/mol. The summed E-state index contributed by atoms with van der Waals surface area (Å²) in [5, 5.41) is 6.44. The fourth-order valence-corrected chi connectivity index (χ4v) is 3.79. The van der Waals surface area contributed by atoms with Crippen molar-refractivity contribution in [2.24, 2.45) is 0 Å². The van der Waals surface area contributed by atoms with Crippen molar-refractivity contribution in [2.75, 3.05) is 31.6 Å². The van der Waals surface area contributed by atoms with Crippen LogP contribution in [0.25, 0.3) is 0 Å². The van der Waals surface area contributed by atoms with Gasteiger partial charge < -0.3 is 20.3 Å². The average molecular weight is 424 g/mol. The SMILES string of the molecule is CCCCCNC(=O)c1ccc(NC2c3ccccc3C(=O)N2CCCOCC)cc1. The Kier molecular flexibility index (Phi) is 8.47. The molecule has 6 heteroatoms. The van der Waals surface area contributed by atoms with E-state index in [1.807, 2.05) is 60.4 Å². The van der Waals surface area contributed by atoms with Gasteiger partial charge in [-0.1, -0.05) is 38.0 Å². The summed E-state index contributed by atoms with van der Waals surface area (Å²) in [6.07, 6.45) is 3.79. The third-order valence-corrected chi connectivity index (χ3v) is 5.47. The monoisotopic (exact) mass is 423 g/mol. The molecule has 1 aliphatic heterocycles. The lowest BCUT2D eigenvalue weighted by Gasteiger charge is -2.27. The number of fused-ring (bicyclic) bond motifs is 1. The fourth-order valence-electron chi connectivity index (χ4n) is 3.79. The number of rotatable bonds is 12. The second-order valence-electron chi connectivity index (χ2n) is 7.72. The number of nitrogens with one attached hydrogen (secondary N) is 2. The Morgan fingerprint density at radius 3 is 2.55 bits per heavy atom. The number of anilines is 1. The molecule has 6 nitrogen and oxygen atoms in total. The molecule has 0 aromatic heterocycles. The van der Waals surface area contributed by atoms with Crippen molar-refractivity contribution >= 4 is 17.5 Å². The van der Waals surface area contributed by atoms with Gasteiger partial charge in [0.25, 0.3) is 11.8 Å². The molecule has 1 unspecified atom stereocenters. The van der Waals surface area contributed by atoms with Crippen LogP contribution in [0.4, 0.5) is 5.69 Å². The molecule has 1 atom stereocenters. The zero-order valence-electron chi connectivity index (χ0n) is 18.5. The van der Waals surface area contributed by atoms with E-state index >= 15 is 0 Å². The molecule has 0 spiro atoms. The molecular weight excluding hydrogens is 390 g/mol. The van der Waals surface area contributed by atoms with E-state index in [2.05, 4.69) is 17.6 Å². The minimum atomic E-state index is -0.237. The summed E-state index contributed by atoms with van der Waals surface area (Å²) in [6, 6.07) is 15.1. The Bertz CT molecular complexity index is 867. The van der Waals surface area contributed by atoms with Gasteiger partial charge in [0, 0.05) is 48.7 Å². The number of benzene rings is 2. The third kappa shape index (κ3) is 5.85. The Morgan fingerprint density at radius 2 is 1.81 bits per heavy atom. The van der Waals surface area contributed by atoms with E-state index in [1.165, 1.54) is 0 Å². The third-order valence-electron chi connectivity index (χ3n) is 5.47. The minimum absolute atomic E-state index is 0.0349. The van der Waals surface area contributed by atoms with Crippen LogP contribution in [0.2, 0.25) is 0 Å². The summed E-state index contributed by atoms with van der Waals surface area (Å²) >= 11 is 0. The number of unbranched alkanes of at least 4 members (excludes halogenated alkanes) is 2. The largest absolute Gasteiger partial charge is 0.382 e. The van der Waals surface area contributed by atoms with Gasteiger partial charge in [-0.15, -0.1) is 0 Å². The van der Waals surface area contributed by atoms with E-state index in [0.29, 0.717) is 31.9 Å². The number of amides is 2. The predicted octanol–water partition coefficient (Wildman–Crippen LogP) is 4.60. The van der Waals surface area contributed by atoms with Crippen LogP contribution in [0.3, 0.4) is 0 Å². The maximum absolute atomic E-state index is 12.9. The van der Waals surface area contributed by atoms with Crippen LogP contribution in [-0.2, 0) is 4.74 Å². The quantitative estimate of drug-likeness (QED) is 0.490. The maximum atomic E-state index is 12.9. The molecule has 1 heterocycles. The van der Waals surface area contributed by atoms with Crippen molar-refractivity contribution in [3.8, 4) is 0 Å². The Labute approximate surface area is 185 Å². The van der Waals surface area contributed by atoms with Crippen LogP contribution in [0.1, 0.15) is 72.0 Å². The fraction of sp³-hybridized carbons (Fsp3) is 0.440. The van der Waals surface area contributed by atoms with Crippen molar-refractivity contribution in [2.45, 2.75) is 45.7 Å². The van der Waals surface area contributed by atoms with Crippen molar-refractivity contribution in [1.82, 2.24) is 10.2 Å². The van der Waals surface area contributed by atoms with Gasteiger partial charge in [-0.3, -0.25) is 9.59 Å². The highest BCUT2D eigenvalue weighted by Gasteiger charge is 2.35. The molecule has 0 fully saturated rings. The van der Waals surface area contributed by atoms with Crippen LogP contribution >= 0.6 is 0 Å². The maximum Gasteiger partial charge on any atom is 0.256 e. The van der Waals surface area contributed by atoms with Crippen molar-refractivity contribution in [1.29, 1.82) is 0 Å². The molecule has 0 radical (unpaired) electrons. The first kappa shape index (κ1) is 22.8. The zero-order chi connectivity index (χ0) is 22.1. The van der Waals surface area contributed by atoms with Crippen molar-refractivity contribution in [3.05, 3.63) is 65.2 Å². The summed E-state index contributed by atoms with van der Waals surface area (Å²) in [4.78, 5) is 27.1. The molecule has 2 aromatic rings. The van der Waals surface area contributed by atoms with E-state index in [1.54, 1.807) is 0 Å². The highest BCUT2D eigenvalue weighted by atomic mass is 16.5. The van der Waals surface area contributed by atoms with Crippen LogP contribution < -0.4 is 10.6 Å². The van der Waals surface area contributed by atoms with Gasteiger partial charge in [0.05, 0.1) is 0 Å². The highest BCUT2D eigenvalue weighted by molar-refractivity contribution is 5.99. The molecule has 31 heavy (non-hydrogen) atoms. The molecule has 0 aliphatic carbocycles. The summed E-state index contributed by atoms with van der Waals surface area (Å²) in [6.45, 7) is 6.73. The standard InChI is InChI=1S/C25H33N3O3/c1-3-5-8-16-26-24(29)19-12-14-20(15-13-19)27-23-21-10-6-7-11-22(21)25(30)28(23)17-9-18-31-4-2/h6-7,10-15,23,27H,3-5,8-9,16-18H2,1-2H3,(H,26,29). The lowest BCUT2D eigenvalue weighted by Crippen LogP contribution is -2.33. The molecule has 0 bridgehead atoms. The Morgan fingerprint density at radius 1 is 1.03 bits per heavy atom. The Balaban J connectivity index is 1.67. The van der Waals surface area contributed by atoms with E-state index < -0.39 is 0 Å². The summed E-state index contributed by atoms with van der Waals surface area (Å²) in [7, 11) is 0. The normalized spacial score (nSPS) is 15.1. The van der Waals surface area contributed by atoms with E-state index in [9.17, 15) is 9.59 Å². The highest BCUT2D eigenvalue weighted by Crippen LogP contribution is 2.34. The van der Waals surface area contributed by atoms with E-state index in [0.717, 1.165) is 42.5 Å². The lowest BCUT2D eigenvalue weighted by atomic mass is 10.1. The van der Waals surface area contributed by atoms with Gasteiger partial charge >= 0.3 is 0 Å². The van der Waals surface area contributed by atoms with Crippen LogP contribution in [-0.4, -0.2) is 43.0 Å². The number of carbonyl (C=O) groups excluding carboxylic acids is 2. The lowest BCUT2D eigenvalue weighted by molar-refractivity contribution is 0.0708. The van der Waals surface area contributed by atoms with Crippen molar-refractivity contribution < 1.29 is 14.3 Å². The zero-order valence-corrected chi connectivity index (χ0v) is 18.5. The van der Waals surface area contributed by atoms with Crippen LogP contribution in [0.5, 0.6) is 0 Å². The molecular formula is C25H33N3O3. The van der Waals surface area contributed by atoms with Gasteiger partial charge in [-0.05, 0) is 50.1 Å². The molecule has 166 valence electrons. The topological polar surface area (TPSA) is 70.7 Å². The molecule has 2 amide bonds. The summed E-state index contributed by atoms with van der Waals surface area (Å²) in [5.41, 5.74) is 3.21. The average Bonchev–Trinajstić information content (AvgIpc) is 3.06.